The Morgan fingerprint density at radius 3 is 1.97 bits per heavy atom. The van der Waals surface area contributed by atoms with Crippen LogP contribution in [0, 0.1) is 0 Å². The van der Waals surface area contributed by atoms with E-state index in [9.17, 15) is 23.1 Å². The van der Waals surface area contributed by atoms with Gasteiger partial charge in [0.2, 0.25) is 6.10 Å². The Morgan fingerprint density at radius 1 is 0.821 bits per heavy atom. The number of hydrogen-bond acceptors (Lipinski definition) is 5. The fraction of sp³-hybridized carbons (Fsp3) is 0.0690. The van der Waals surface area contributed by atoms with Crippen LogP contribution in [0.15, 0.2) is 103 Å². The van der Waals surface area contributed by atoms with Gasteiger partial charge in [0.05, 0.1) is 10.6 Å². The molecule has 0 saturated heterocycles. The number of ether oxygens (including phenoxy) is 3. The van der Waals surface area contributed by atoms with Gasteiger partial charge in [0, 0.05) is 17.7 Å². The molecule has 6 nitrogen and oxygen atoms in total. The van der Waals surface area contributed by atoms with E-state index >= 15 is 0 Å². The van der Waals surface area contributed by atoms with Crippen molar-refractivity contribution in [1.82, 2.24) is 0 Å². The molecule has 10 heteroatoms. The van der Waals surface area contributed by atoms with Gasteiger partial charge in [0.15, 0.2) is 0 Å². The number of phenolic OH excluding ortho intramolecular Hbond substituents is 1. The second kappa shape index (κ2) is 11.8. The number of para-hydroxylation sites is 2. The Hall–Kier alpha value is -4.63. The van der Waals surface area contributed by atoms with Crippen LogP contribution in [0.3, 0.4) is 0 Å². The summed E-state index contributed by atoms with van der Waals surface area (Å²) in [4.78, 5) is 11.1. The van der Waals surface area contributed by atoms with Crippen molar-refractivity contribution in [2.75, 3.05) is 0 Å². The van der Waals surface area contributed by atoms with E-state index in [1.54, 1.807) is 54.6 Å². The lowest BCUT2D eigenvalue weighted by atomic mass is 10.0. The molecule has 0 aliphatic carbocycles. The highest BCUT2D eigenvalue weighted by Gasteiger charge is 2.48. The molecular weight excluding hydrogens is 537 g/mol. The SMILES string of the molecule is O=C(O)C1=Cc2cc(Cl)c(Oc3ccccc3)cc2OC1C(F)(F)F.Oc1cccc(Oc2ccccc2)c1. The molecule has 0 aromatic heterocycles. The van der Waals surface area contributed by atoms with Crippen molar-refractivity contribution in [3.63, 3.8) is 0 Å². The zero-order valence-corrected chi connectivity index (χ0v) is 20.7. The number of rotatable bonds is 5. The summed E-state index contributed by atoms with van der Waals surface area (Å²) >= 11 is 6.09. The summed E-state index contributed by atoms with van der Waals surface area (Å²) in [6, 6.07) is 27.2. The maximum absolute atomic E-state index is 13.1. The summed E-state index contributed by atoms with van der Waals surface area (Å²) in [6.45, 7) is 0. The third-order valence-electron chi connectivity index (χ3n) is 5.21. The summed E-state index contributed by atoms with van der Waals surface area (Å²) in [6.07, 6.45) is -6.54. The first kappa shape index (κ1) is 27.4. The zero-order valence-electron chi connectivity index (χ0n) is 19.9. The molecule has 4 aromatic rings. The summed E-state index contributed by atoms with van der Waals surface area (Å²) in [5.74, 6) is 0.262. The number of hydrogen-bond donors (Lipinski definition) is 2. The van der Waals surface area contributed by atoms with Gasteiger partial charge in [-0.1, -0.05) is 54.1 Å². The number of alkyl halides is 3. The van der Waals surface area contributed by atoms with Crippen LogP contribution < -0.4 is 14.2 Å². The Balaban J connectivity index is 0.000000212. The fourth-order valence-corrected chi connectivity index (χ4v) is 3.69. The number of benzene rings is 4. The summed E-state index contributed by atoms with van der Waals surface area (Å²) in [5, 5.41) is 18.3. The van der Waals surface area contributed by atoms with Gasteiger partial charge < -0.3 is 24.4 Å². The van der Waals surface area contributed by atoms with Crippen LogP contribution in [0.5, 0.6) is 34.5 Å². The predicted molar refractivity (Wildman–Crippen MR) is 139 cm³/mol. The molecule has 2 N–H and O–H groups in total. The van der Waals surface area contributed by atoms with E-state index in [4.69, 9.17) is 30.9 Å². The van der Waals surface area contributed by atoms with Gasteiger partial charge in [-0.25, -0.2) is 4.79 Å². The third kappa shape index (κ3) is 7.24. The molecule has 4 aromatic carbocycles. The van der Waals surface area contributed by atoms with Gasteiger partial charge in [-0.3, -0.25) is 0 Å². The number of phenols is 1. The predicted octanol–water partition coefficient (Wildman–Crippen LogP) is 8.11. The number of halogens is 4. The van der Waals surface area contributed by atoms with Gasteiger partial charge in [-0.05, 0) is 48.5 Å². The van der Waals surface area contributed by atoms with E-state index < -0.39 is 23.8 Å². The molecule has 0 spiro atoms. The summed E-state index contributed by atoms with van der Waals surface area (Å²) in [5.41, 5.74) is -0.781. The molecule has 1 unspecified atom stereocenters. The number of aliphatic carboxylic acids is 1. The molecule has 200 valence electrons. The first-order valence-corrected chi connectivity index (χ1v) is 11.7. The van der Waals surface area contributed by atoms with Crippen LogP contribution in [0.4, 0.5) is 13.2 Å². The minimum atomic E-state index is -4.87. The molecule has 1 aliphatic rings. The fourth-order valence-electron chi connectivity index (χ4n) is 3.48. The van der Waals surface area contributed by atoms with E-state index in [0.717, 1.165) is 11.8 Å². The third-order valence-corrected chi connectivity index (χ3v) is 5.51. The highest BCUT2D eigenvalue weighted by atomic mass is 35.5. The summed E-state index contributed by atoms with van der Waals surface area (Å²) in [7, 11) is 0. The van der Waals surface area contributed by atoms with Crippen molar-refractivity contribution >= 4 is 23.6 Å². The van der Waals surface area contributed by atoms with Gasteiger partial charge in [-0.2, -0.15) is 13.2 Å². The number of fused-ring (bicyclic) bond motifs is 1. The summed E-state index contributed by atoms with van der Waals surface area (Å²) < 4.78 is 55.2. The average Bonchev–Trinajstić information content (AvgIpc) is 2.89. The van der Waals surface area contributed by atoms with Crippen molar-refractivity contribution in [3.05, 3.63) is 113 Å². The molecule has 0 radical (unpaired) electrons. The first-order valence-electron chi connectivity index (χ1n) is 11.4. The minimum Gasteiger partial charge on any atom is -0.508 e. The van der Waals surface area contributed by atoms with Crippen LogP contribution in [-0.4, -0.2) is 28.5 Å². The van der Waals surface area contributed by atoms with Crippen molar-refractivity contribution in [1.29, 1.82) is 0 Å². The Morgan fingerprint density at radius 2 is 1.41 bits per heavy atom. The lowest BCUT2D eigenvalue weighted by Gasteiger charge is -2.27. The molecular formula is C29H20ClF3O6. The molecule has 0 amide bonds. The Bertz CT molecular complexity index is 1470. The lowest BCUT2D eigenvalue weighted by molar-refractivity contribution is -0.187. The zero-order chi connectivity index (χ0) is 28.0. The van der Waals surface area contributed by atoms with E-state index in [-0.39, 0.29) is 27.8 Å². The van der Waals surface area contributed by atoms with Crippen molar-refractivity contribution in [2.45, 2.75) is 12.3 Å². The first-order chi connectivity index (χ1) is 18.6. The molecule has 5 rings (SSSR count). The molecule has 0 fully saturated rings. The molecule has 1 atom stereocenters. The Kier molecular flexibility index (Phi) is 8.31. The quantitative estimate of drug-likeness (QED) is 0.258. The highest BCUT2D eigenvalue weighted by Crippen LogP contribution is 2.42. The van der Waals surface area contributed by atoms with E-state index in [1.165, 1.54) is 12.1 Å². The maximum atomic E-state index is 13.1. The smallest absolute Gasteiger partial charge is 0.430 e. The number of carboxylic acid groups (broad SMARTS) is 1. The molecule has 0 saturated carbocycles. The van der Waals surface area contributed by atoms with E-state index in [2.05, 4.69) is 0 Å². The number of carbonyl (C=O) groups is 1. The van der Waals surface area contributed by atoms with E-state index in [0.29, 0.717) is 11.5 Å². The van der Waals surface area contributed by atoms with Crippen molar-refractivity contribution in [3.8, 4) is 34.5 Å². The second-order valence-electron chi connectivity index (χ2n) is 8.09. The topological polar surface area (TPSA) is 85.2 Å². The van der Waals surface area contributed by atoms with E-state index in [1.807, 2.05) is 30.3 Å². The van der Waals surface area contributed by atoms with Crippen LogP contribution >= 0.6 is 11.6 Å². The molecule has 39 heavy (non-hydrogen) atoms. The molecule has 0 bridgehead atoms. The van der Waals surface area contributed by atoms with Gasteiger partial charge in [0.25, 0.3) is 0 Å². The van der Waals surface area contributed by atoms with Crippen molar-refractivity contribution < 1.29 is 42.4 Å². The lowest BCUT2D eigenvalue weighted by Crippen LogP contribution is -2.40. The monoisotopic (exact) mass is 556 g/mol. The number of aromatic hydroxyl groups is 1. The average molecular weight is 557 g/mol. The minimum absolute atomic E-state index is 0.0970. The van der Waals surface area contributed by atoms with Gasteiger partial charge in [0.1, 0.15) is 34.5 Å². The van der Waals surface area contributed by atoms with Crippen molar-refractivity contribution in [2.24, 2.45) is 0 Å². The maximum Gasteiger partial charge on any atom is 0.430 e. The Labute approximate surface area is 226 Å². The van der Waals surface area contributed by atoms with Crippen LogP contribution in [0.25, 0.3) is 6.08 Å². The van der Waals surface area contributed by atoms with Crippen LogP contribution in [0.1, 0.15) is 5.56 Å². The largest absolute Gasteiger partial charge is 0.508 e. The van der Waals surface area contributed by atoms with Crippen LogP contribution in [-0.2, 0) is 4.79 Å². The molecule has 1 heterocycles. The normalized spacial score (nSPS) is 14.1. The standard InChI is InChI=1S/C17H10ClF3O4.C12H10O2/c18-12-7-9-6-11(16(22)23)15(17(19,20)21)25-13(9)8-14(12)24-10-4-2-1-3-5-10;13-10-5-4-8-12(9-10)14-11-6-2-1-3-7-11/h1-8,15H,(H,22,23);1-9,13H. The molecule has 1 aliphatic heterocycles. The van der Waals surface area contributed by atoms with Gasteiger partial charge in [-0.15, -0.1) is 0 Å². The highest BCUT2D eigenvalue weighted by molar-refractivity contribution is 6.32. The van der Waals surface area contributed by atoms with Gasteiger partial charge >= 0.3 is 12.1 Å². The second-order valence-corrected chi connectivity index (χ2v) is 8.50. The van der Waals surface area contributed by atoms with Crippen LogP contribution in [0.2, 0.25) is 5.02 Å². The number of carboxylic acids is 1.